The van der Waals surface area contributed by atoms with Gasteiger partial charge in [0.15, 0.2) is 0 Å². The van der Waals surface area contributed by atoms with E-state index in [9.17, 15) is 4.79 Å². The van der Waals surface area contributed by atoms with Crippen molar-refractivity contribution in [2.75, 3.05) is 6.54 Å². The van der Waals surface area contributed by atoms with E-state index in [4.69, 9.17) is 4.74 Å². The number of ether oxygens (including phenoxy) is 1. The summed E-state index contributed by atoms with van der Waals surface area (Å²) in [5.41, 5.74) is 0.690. The fourth-order valence-electron chi connectivity index (χ4n) is 2.67. The summed E-state index contributed by atoms with van der Waals surface area (Å²) in [6.45, 7) is 2.96. The van der Waals surface area contributed by atoms with E-state index in [1.807, 2.05) is 4.90 Å². The molecule has 3 rings (SSSR count). The average Bonchev–Trinajstić information content (AvgIpc) is 2.56. The van der Waals surface area contributed by atoms with Crippen LogP contribution in [0.15, 0.2) is 42.7 Å². The molecule has 1 amide bonds. The first kappa shape index (κ1) is 14.5. The molecule has 1 aliphatic rings. The lowest BCUT2D eigenvalue weighted by molar-refractivity contribution is 0.0635. The van der Waals surface area contributed by atoms with Crippen molar-refractivity contribution in [2.45, 2.75) is 32.2 Å². The molecule has 0 bridgehead atoms. The minimum Gasteiger partial charge on any atom is -0.424 e. The van der Waals surface area contributed by atoms with Crippen molar-refractivity contribution >= 4 is 5.91 Å². The number of carbonyl (C=O) groups excluding carboxylic acids is 1. The molecule has 0 spiro atoms. The Balaban J connectivity index is 1.69. The molecule has 0 N–H and O–H groups in total. The second kappa shape index (κ2) is 6.56. The zero-order valence-electron chi connectivity index (χ0n) is 12.6. The van der Waals surface area contributed by atoms with Crippen LogP contribution in [0.5, 0.6) is 11.8 Å². The largest absolute Gasteiger partial charge is 0.424 e. The van der Waals surface area contributed by atoms with Gasteiger partial charge in [-0.3, -0.25) is 4.79 Å². The van der Waals surface area contributed by atoms with E-state index in [2.05, 4.69) is 16.9 Å². The molecule has 1 aliphatic heterocycles. The number of amides is 1. The van der Waals surface area contributed by atoms with Gasteiger partial charge in [0.05, 0.1) is 0 Å². The molecule has 1 aromatic heterocycles. The van der Waals surface area contributed by atoms with Crippen LogP contribution in [0.1, 0.15) is 36.5 Å². The van der Waals surface area contributed by atoms with Gasteiger partial charge >= 0.3 is 6.01 Å². The van der Waals surface area contributed by atoms with Gasteiger partial charge < -0.3 is 9.64 Å². The van der Waals surface area contributed by atoms with Crippen LogP contribution in [0.4, 0.5) is 0 Å². The molecule has 2 aromatic rings. The van der Waals surface area contributed by atoms with Gasteiger partial charge in [0.25, 0.3) is 5.91 Å². The van der Waals surface area contributed by atoms with Crippen LogP contribution in [0, 0.1) is 0 Å². The van der Waals surface area contributed by atoms with E-state index >= 15 is 0 Å². The van der Waals surface area contributed by atoms with Crippen LogP contribution in [0.25, 0.3) is 0 Å². The summed E-state index contributed by atoms with van der Waals surface area (Å²) in [6.07, 6.45) is 6.62. The van der Waals surface area contributed by atoms with Gasteiger partial charge in [-0.25, -0.2) is 9.97 Å². The standard InChI is InChI=1S/C17H19N3O2/c1-13-5-2-3-12-20(13)16(21)14-6-8-15(9-7-14)22-17-18-10-4-11-19-17/h4,6-11,13H,2-3,5,12H2,1H3/t13-/m1/s1. The molecular weight excluding hydrogens is 278 g/mol. The number of benzene rings is 1. The Morgan fingerprint density at radius 3 is 2.59 bits per heavy atom. The van der Waals surface area contributed by atoms with Gasteiger partial charge in [-0.2, -0.15) is 0 Å². The summed E-state index contributed by atoms with van der Waals surface area (Å²) in [7, 11) is 0. The number of piperidine rings is 1. The second-order valence-electron chi connectivity index (χ2n) is 5.50. The molecule has 0 aliphatic carbocycles. The van der Waals surface area contributed by atoms with Crippen LogP contribution in [-0.2, 0) is 0 Å². The zero-order chi connectivity index (χ0) is 15.4. The van der Waals surface area contributed by atoms with Crippen LogP contribution in [0.2, 0.25) is 0 Å². The molecule has 1 aromatic carbocycles. The summed E-state index contributed by atoms with van der Waals surface area (Å²) < 4.78 is 5.53. The van der Waals surface area contributed by atoms with Crippen LogP contribution >= 0.6 is 0 Å². The van der Waals surface area contributed by atoms with Crippen LogP contribution in [-0.4, -0.2) is 33.4 Å². The Labute approximate surface area is 130 Å². The third-order valence-corrected chi connectivity index (χ3v) is 3.92. The van der Waals surface area contributed by atoms with Crippen LogP contribution < -0.4 is 4.74 Å². The highest BCUT2D eigenvalue weighted by Gasteiger charge is 2.24. The monoisotopic (exact) mass is 297 g/mol. The highest BCUT2D eigenvalue weighted by atomic mass is 16.5. The number of hydrogen-bond acceptors (Lipinski definition) is 4. The maximum absolute atomic E-state index is 12.5. The Morgan fingerprint density at radius 2 is 1.91 bits per heavy atom. The molecule has 5 heteroatoms. The predicted molar refractivity (Wildman–Crippen MR) is 82.9 cm³/mol. The predicted octanol–water partition coefficient (Wildman–Crippen LogP) is 3.28. The zero-order valence-corrected chi connectivity index (χ0v) is 12.6. The molecule has 1 saturated heterocycles. The topological polar surface area (TPSA) is 55.3 Å². The third-order valence-electron chi connectivity index (χ3n) is 3.92. The lowest BCUT2D eigenvalue weighted by Gasteiger charge is -2.33. The molecule has 5 nitrogen and oxygen atoms in total. The number of carbonyl (C=O) groups is 1. The van der Waals surface area contributed by atoms with Gasteiger partial charge in [-0.1, -0.05) is 0 Å². The summed E-state index contributed by atoms with van der Waals surface area (Å²) in [6, 6.07) is 9.48. The summed E-state index contributed by atoms with van der Waals surface area (Å²) in [4.78, 5) is 22.5. The fourth-order valence-corrected chi connectivity index (χ4v) is 2.67. The Hall–Kier alpha value is -2.43. The Kier molecular flexibility index (Phi) is 4.32. The van der Waals surface area contributed by atoms with E-state index in [1.165, 1.54) is 6.42 Å². The summed E-state index contributed by atoms with van der Waals surface area (Å²) in [5.74, 6) is 0.712. The molecule has 22 heavy (non-hydrogen) atoms. The maximum Gasteiger partial charge on any atom is 0.321 e. The lowest BCUT2D eigenvalue weighted by Crippen LogP contribution is -2.41. The van der Waals surface area contributed by atoms with E-state index < -0.39 is 0 Å². The van der Waals surface area contributed by atoms with Crippen molar-refractivity contribution in [1.82, 2.24) is 14.9 Å². The van der Waals surface area contributed by atoms with E-state index in [0.29, 0.717) is 23.4 Å². The summed E-state index contributed by atoms with van der Waals surface area (Å²) >= 11 is 0. The van der Waals surface area contributed by atoms with E-state index in [-0.39, 0.29) is 5.91 Å². The smallest absolute Gasteiger partial charge is 0.321 e. The number of likely N-dealkylation sites (tertiary alicyclic amines) is 1. The highest BCUT2D eigenvalue weighted by Crippen LogP contribution is 2.22. The van der Waals surface area contributed by atoms with Crippen molar-refractivity contribution in [1.29, 1.82) is 0 Å². The number of nitrogens with zero attached hydrogens (tertiary/aromatic N) is 3. The van der Waals surface area contributed by atoms with Crippen molar-refractivity contribution in [3.05, 3.63) is 48.3 Å². The molecule has 114 valence electrons. The summed E-state index contributed by atoms with van der Waals surface area (Å²) in [5, 5.41) is 0. The molecule has 0 unspecified atom stereocenters. The van der Waals surface area contributed by atoms with Crippen molar-refractivity contribution < 1.29 is 9.53 Å². The number of aromatic nitrogens is 2. The van der Waals surface area contributed by atoms with Crippen molar-refractivity contribution in [3.8, 4) is 11.8 Å². The third kappa shape index (κ3) is 3.24. The number of rotatable bonds is 3. The van der Waals surface area contributed by atoms with Crippen molar-refractivity contribution in [3.63, 3.8) is 0 Å². The Morgan fingerprint density at radius 1 is 1.18 bits per heavy atom. The quantitative estimate of drug-likeness (QED) is 0.872. The highest BCUT2D eigenvalue weighted by molar-refractivity contribution is 5.94. The van der Waals surface area contributed by atoms with Gasteiger partial charge in [0.2, 0.25) is 0 Å². The van der Waals surface area contributed by atoms with Gasteiger partial charge in [-0.05, 0) is 56.5 Å². The minimum atomic E-state index is 0.0923. The van der Waals surface area contributed by atoms with Crippen molar-refractivity contribution in [2.24, 2.45) is 0 Å². The van der Waals surface area contributed by atoms with Crippen LogP contribution in [0.3, 0.4) is 0 Å². The number of hydrogen-bond donors (Lipinski definition) is 0. The average molecular weight is 297 g/mol. The molecular formula is C17H19N3O2. The second-order valence-corrected chi connectivity index (χ2v) is 5.50. The SMILES string of the molecule is C[C@@H]1CCCCN1C(=O)c1ccc(Oc2ncccn2)cc1. The van der Waals surface area contributed by atoms with Gasteiger partial charge in [0.1, 0.15) is 5.75 Å². The normalized spacial score (nSPS) is 18.0. The fraction of sp³-hybridized carbons (Fsp3) is 0.353. The van der Waals surface area contributed by atoms with E-state index in [1.54, 1.807) is 42.7 Å². The molecule has 1 atom stereocenters. The first-order valence-corrected chi connectivity index (χ1v) is 7.60. The first-order chi connectivity index (χ1) is 10.7. The molecule has 0 radical (unpaired) electrons. The Bertz CT molecular complexity index is 628. The molecule has 1 fully saturated rings. The first-order valence-electron chi connectivity index (χ1n) is 7.60. The lowest BCUT2D eigenvalue weighted by atomic mass is 10.0. The van der Waals surface area contributed by atoms with E-state index in [0.717, 1.165) is 19.4 Å². The van der Waals surface area contributed by atoms with Gasteiger partial charge in [0, 0.05) is 30.5 Å². The molecule has 0 saturated carbocycles. The minimum absolute atomic E-state index is 0.0923. The molecule has 2 heterocycles. The maximum atomic E-state index is 12.5. The van der Waals surface area contributed by atoms with Gasteiger partial charge in [-0.15, -0.1) is 0 Å².